The number of hydrogen-bond donors (Lipinski definition) is 1. The second-order valence-corrected chi connectivity index (χ2v) is 5.77. The summed E-state index contributed by atoms with van der Waals surface area (Å²) in [4.78, 5) is 0. The zero-order valence-corrected chi connectivity index (χ0v) is 10.6. The zero-order chi connectivity index (χ0) is 11.9. The van der Waals surface area contributed by atoms with Gasteiger partial charge in [-0.15, -0.1) is 0 Å². The minimum Gasteiger partial charge on any atom is -0.508 e. The summed E-state index contributed by atoms with van der Waals surface area (Å²) >= 11 is 0. The lowest BCUT2D eigenvalue weighted by Crippen LogP contribution is -2.19. The van der Waals surface area contributed by atoms with Gasteiger partial charge in [-0.25, -0.2) is 0 Å². The molecule has 1 heteroatoms. The van der Waals surface area contributed by atoms with E-state index in [1.54, 1.807) is 5.57 Å². The van der Waals surface area contributed by atoms with E-state index in [-0.39, 0.29) is 5.76 Å². The minimum atomic E-state index is 0.254. The first kappa shape index (κ1) is 11.5. The van der Waals surface area contributed by atoms with Gasteiger partial charge in [-0.05, 0) is 48.2 Å². The lowest BCUT2D eigenvalue weighted by atomic mass is 9.73. The van der Waals surface area contributed by atoms with Crippen molar-refractivity contribution in [3.05, 3.63) is 35.1 Å². The van der Waals surface area contributed by atoms with Crippen LogP contribution < -0.4 is 0 Å². The molecule has 0 saturated heterocycles. The predicted octanol–water partition coefficient (Wildman–Crippen LogP) is 4.53. The van der Waals surface area contributed by atoms with E-state index >= 15 is 0 Å². The van der Waals surface area contributed by atoms with Crippen molar-refractivity contribution in [3.8, 4) is 0 Å². The Bertz CT molecular complexity index is 384. The first-order valence-corrected chi connectivity index (χ1v) is 6.26. The fraction of sp³-hybridized carbons (Fsp3) is 0.600. The maximum absolute atomic E-state index is 9.52. The number of hydrogen-bond acceptors (Lipinski definition) is 1. The molecule has 1 unspecified atom stereocenters. The van der Waals surface area contributed by atoms with Crippen LogP contribution in [0.4, 0.5) is 0 Å². The van der Waals surface area contributed by atoms with Crippen LogP contribution in [0.2, 0.25) is 0 Å². The SMILES string of the molecule is C=C(O)C1=CC2=C(C(C)C)CCC2(C)CC1. The van der Waals surface area contributed by atoms with Crippen LogP contribution in [-0.2, 0) is 0 Å². The molecule has 16 heavy (non-hydrogen) atoms. The third-order valence-corrected chi connectivity index (χ3v) is 4.27. The van der Waals surface area contributed by atoms with Gasteiger partial charge in [0, 0.05) is 0 Å². The molecular weight excluding hydrogens is 196 g/mol. The van der Waals surface area contributed by atoms with Crippen molar-refractivity contribution >= 4 is 0 Å². The highest BCUT2D eigenvalue weighted by atomic mass is 16.3. The topological polar surface area (TPSA) is 20.2 Å². The van der Waals surface area contributed by atoms with Gasteiger partial charge in [0.05, 0.1) is 0 Å². The summed E-state index contributed by atoms with van der Waals surface area (Å²) in [7, 11) is 0. The van der Waals surface area contributed by atoms with Gasteiger partial charge < -0.3 is 5.11 Å². The third-order valence-electron chi connectivity index (χ3n) is 4.27. The van der Waals surface area contributed by atoms with Gasteiger partial charge >= 0.3 is 0 Å². The molecule has 2 aliphatic rings. The van der Waals surface area contributed by atoms with Gasteiger partial charge in [0.15, 0.2) is 0 Å². The molecule has 0 radical (unpaired) electrons. The summed E-state index contributed by atoms with van der Waals surface area (Å²) in [5.41, 5.74) is 4.46. The third kappa shape index (κ3) is 1.73. The Morgan fingerprint density at radius 3 is 2.56 bits per heavy atom. The average Bonchev–Trinajstić information content (AvgIpc) is 2.53. The quantitative estimate of drug-likeness (QED) is 0.675. The molecule has 0 aromatic heterocycles. The number of rotatable bonds is 2. The van der Waals surface area contributed by atoms with E-state index in [2.05, 4.69) is 33.4 Å². The highest BCUT2D eigenvalue weighted by molar-refractivity contribution is 5.45. The van der Waals surface area contributed by atoms with Crippen LogP contribution in [0.15, 0.2) is 35.1 Å². The Hall–Kier alpha value is -0.980. The van der Waals surface area contributed by atoms with Gasteiger partial charge in [-0.2, -0.15) is 0 Å². The molecule has 0 fully saturated rings. The number of allylic oxidation sites excluding steroid dienone is 4. The molecule has 0 saturated carbocycles. The first-order valence-electron chi connectivity index (χ1n) is 6.26. The molecule has 0 heterocycles. The molecule has 0 aromatic rings. The van der Waals surface area contributed by atoms with Crippen LogP contribution in [0.1, 0.15) is 46.5 Å². The number of fused-ring (bicyclic) bond motifs is 1. The van der Waals surface area contributed by atoms with Crippen LogP contribution in [0.3, 0.4) is 0 Å². The molecule has 0 spiro atoms. The summed E-state index contributed by atoms with van der Waals surface area (Å²) in [6.07, 6.45) is 6.83. The van der Waals surface area contributed by atoms with E-state index in [4.69, 9.17) is 0 Å². The molecule has 2 rings (SSSR count). The van der Waals surface area contributed by atoms with Crippen LogP contribution in [-0.4, -0.2) is 5.11 Å². The Balaban J connectivity index is 2.46. The Morgan fingerprint density at radius 1 is 1.38 bits per heavy atom. The van der Waals surface area contributed by atoms with Crippen LogP contribution in [0.25, 0.3) is 0 Å². The number of aliphatic hydroxyl groups is 1. The van der Waals surface area contributed by atoms with Crippen molar-refractivity contribution in [2.24, 2.45) is 11.3 Å². The lowest BCUT2D eigenvalue weighted by molar-refractivity contribution is 0.346. The van der Waals surface area contributed by atoms with Crippen molar-refractivity contribution < 1.29 is 5.11 Å². The fourth-order valence-corrected chi connectivity index (χ4v) is 3.08. The van der Waals surface area contributed by atoms with Gasteiger partial charge in [-0.1, -0.05) is 39.0 Å². The van der Waals surface area contributed by atoms with Crippen LogP contribution >= 0.6 is 0 Å². The van der Waals surface area contributed by atoms with Crippen molar-refractivity contribution in [1.82, 2.24) is 0 Å². The maximum Gasteiger partial charge on any atom is 0.111 e. The monoisotopic (exact) mass is 218 g/mol. The summed E-state index contributed by atoms with van der Waals surface area (Å²) in [6, 6.07) is 0. The van der Waals surface area contributed by atoms with Crippen molar-refractivity contribution in [3.63, 3.8) is 0 Å². The second kappa shape index (κ2) is 3.80. The van der Waals surface area contributed by atoms with E-state index in [0.717, 1.165) is 18.4 Å². The lowest BCUT2D eigenvalue weighted by Gasteiger charge is -2.32. The normalized spacial score (nSPS) is 29.4. The molecule has 0 bridgehead atoms. The van der Waals surface area contributed by atoms with E-state index in [1.807, 2.05) is 0 Å². The first-order chi connectivity index (χ1) is 7.44. The molecule has 0 aromatic carbocycles. The van der Waals surface area contributed by atoms with Crippen LogP contribution in [0.5, 0.6) is 0 Å². The molecular formula is C15H22O. The second-order valence-electron chi connectivity index (χ2n) is 5.77. The van der Waals surface area contributed by atoms with Crippen molar-refractivity contribution in [2.75, 3.05) is 0 Å². The van der Waals surface area contributed by atoms with Gasteiger partial charge in [-0.3, -0.25) is 0 Å². The van der Waals surface area contributed by atoms with E-state index in [0.29, 0.717) is 11.3 Å². The molecule has 1 N–H and O–H groups in total. The van der Waals surface area contributed by atoms with Gasteiger partial charge in [0.2, 0.25) is 0 Å². The largest absolute Gasteiger partial charge is 0.508 e. The summed E-state index contributed by atoms with van der Waals surface area (Å²) < 4.78 is 0. The van der Waals surface area contributed by atoms with E-state index in [1.165, 1.54) is 18.4 Å². The molecule has 88 valence electrons. The van der Waals surface area contributed by atoms with Gasteiger partial charge in [0.25, 0.3) is 0 Å². The molecule has 0 amide bonds. The smallest absolute Gasteiger partial charge is 0.111 e. The fourth-order valence-electron chi connectivity index (χ4n) is 3.08. The minimum absolute atomic E-state index is 0.254. The predicted molar refractivity (Wildman–Crippen MR) is 68.3 cm³/mol. The van der Waals surface area contributed by atoms with Crippen LogP contribution in [0, 0.1) is 11.3 Å². The van der Waals surface area contributed by atoms with Gasteiger partial charge in [0.1, 0.15) is 5.76 Å². The van der Waals surface area contributed by atoms with E-state index in [9.17, 15) is 5.11 Å². The zero-order valence-electron chi connectivity index (χ0n) is 10.6. The van der Waals surface area contributed by atoms with E-state index < -0.39 is 0 Å². The molecule has 1 nitrogen and oxygen atoms in total. The molecule has 0 aliphatic heterocycles. The Kier molecular flexibility index (Phi) is 2.73. The molecule has 1 atom stereocenters. The number of aliphatic hydroxyl groups excluding tert-OH is 1. The molecule has 2 aliphatic carbocycles. The standard InChI is InChI=1S/C15H22O/c1-10(2)13-6-8-15(4)7-5-12(11(3)16)9-14(13)15/h9-10,16H,3,5-8H2,1-2,4H3. The van der Waals surface area contributed by atoms with Crippen molar-refractivity contribution in [1.29, 1.82) is 0 Å². The summed E-state index contributed by atoms with van der Waals surface area (Å²) in [6.45, 7) is 10.6. The Morgan fingerprint density at radius 2 is 2.00 bits per heavy atom. The Labute approximate surface area is 98.6 Å². The highest BCUT2D eigenvalue weighted by Gasteiger charge is 2.38. The highest BCUT2D eigenvalue weighted by Crippen LogP contribution is 2.52. The van der Waals surface area contributed by atoms with Crippen molar-refractivity contribution in [2.45, 2.75) is 46.5 Å². The maximum atomic E-state index is 9.52. The summed E-state index contributed by atoms with van der Waals surface area (Å²) in [5.74, 6) is 0.879. The average molecular weight is 218 g/mol. The summed E-state index contributed by atoms with van der Waals surface area (Å²) in [5, 5.41) is 9.52.